The number of hydrogen-bond donors (Lipinski definition) is 1. The van der Waals surface area contributed by atoms with E-state index in [2.05, 4.69) is 29.2 Å². The molecule has 1 aromatic carbocycles. The number of nitrogens with zero attached hydrogens (tertiary/aromatic N) is 1. The third-order valence-electron chi connectivity index (χ3n) is 3.84. The summed E-state index contributed by atoms with van der Waals surface area (Å²) in [6, 6.07) is 8.67. The maximum absolute atomic E-state index is 6.06. The van der Waals surface area contributed by atoms with E-state index in [1.807, 2.05) is 0 Å². The molecule has 3 nitrogen and oxygen atoms in total. The van der Waals surface area contributed by atoms with Gasteiger partial charge in [-0.1, -0.05) is 12.1 Å². The Morgan fingerprint density at radius 1 is 1.22 bits per heavy atom. The number of benzene rings is 1. The van der Waals surface area contributed by atoms with Crippen molar-refractivity contribution in [2.24, 2.45) is 11.7 Å². The van der Waals surface area contributed by atoms with Crippen LogP contribution in [0.25, 0.3) is 0 Å². The minimum Gasteiger partial charge on any atom is -0.491 e. The van der Waals surface area contributed by atoms with Crippen LogP contribution in [0.4, 0.5) is 5.69 Å². The molecule has 1 atom stereocenters. The van der Waals surface area contributed by atoms with E-state index in [1.54, 1.807) is 0 Å². The van der Waals surface area contributed by atoms with Gasteiger partial charge in [0, 0.05) is 19.1 Å². The van der Waals surface area contributed by atoms with Gasteiger partial charge in [-0.2, -0.15) is 0 Å². The molecule has 1 saturated heterocycles. The Kier molecular flexibility index (Phi) is 3.41. The molecule has 2 N–H and O–H groups in total. The van der Waals surface area contributed by atoms with Crippen molar-refractivity contribution in [2.45, 2.75) is 31.7 Å². The molecule has 0 spiro atoms. The first-order chi connectivity index (χ1) is 8.83. The maximum Gasteiger partial charge on any atom is 0.142 e. The van der Waals surface area contributed by atoms with E-state index >= 15 is 0 Å². The zero-order chi connectivity index (χ0) is 12.4. The zero-order valence-corrected chi connectivity index (χ0v) is 10.8. The molecule has 18 heavy (non-hydrogen) atoms. The molecule has 3 heteroatoms. The number of rotatable bonds is 4. The first-order valence-corrected chi connectivity index (χ1v) is 7.05. The summed E-state index contributed by atoms with van der Waals surface area (Å²) in [5.74, 6) is 1.82. The summed E-state index contributed by atoms with van der Waals surface area (Å²) in [5, 5.41) is 0. The fraction of sp³-hybridized carbons (Fsp3) is 0.600. The van der Waals surface area contributed by atoms with Crippen LogP contribution in [0.3, 0.4) is 0 Å². The number of para-hydroxylation sites is 2. The Bertz CT molecular complexity index is 403. The lowest BCUT2D eigenvalue weighted by Gasteiger charge is -2.33. The largest absolute Gasteiger partial charge is 0.491 e. The lowest BCUT2D eigenvalue weighted by Crippen LogP contribution is -2.43. The first-order valence-electron chi connectivity index (χ1n) is 7.05. The Balaban J connectivity index is 1.72. The molecular formula is C15H22N2O. The number of nitrogens with two attached hydrogens (primary N) is 1. The van der Waals surface area contributed by atoms with Gasteiger partial charge >= 0.3 is 0 Å². The van der Waals surface area contributed by atoms with E-state index in [-0.39, 0.29) is 0 Å². The van der Waals surface area contributed by atoms with Crippen molar-refractivity contribution in [3.8, 4) is 5.75 Å². The summed E-state index contributed by atoms with van der Waals surface area (Å²) < 4.78 is 5.97. The third kappa shape index (κ3) is 2.78. The molecule has 2 aliphatic rings. The van der Waals surface area contributed by atoms with E-state index in [1.165, 1.54) is 24.9 Å². The van der Waals surface area contributed by atoms with Crippen LogP contribution in [0.15, 0.2) is 24.3 Å². The summed E-state index contributed by atoms with van der Waals surface area (Å²) in [6.45, 7) is 2.91. The molecule has 1 heterocycles. The molecule has 98 valence electrons. The minimum absolute atomic E-state index is 0.301. The fourth-order valence-electron chi connectivity index (χ4n) is 2.56. The van der Waals surface area contributed by atoms with Crippen LogP contribution in [0.2, 0.25) is 0 Å². The average molecular weight is 246 g/mol. The van der Waals surface area contributed by atoms with E-state index in [4.69, 9.17) is 10.5 Å². The Hall–Kier alpha value is -1.22. The van der Waals surface area contributed by atoms with Crippen LogP contribution in [0.1, 0.15) is 25.7 Å². The second-order valence-corrected chi connectivity index (χ2v) is 5.57. The predicted octanol–water partition coefficient (Wildman–Crippen LogP) is 2.40. The SMILES string of the molecule is NC1CCCN(c2ccccc2OCC2CC2)C1. The number of anilines is 1. The van der Waals surface area contributed by atoms with Crippen LogP contribution < -0.4 is 15.4 Å². The molecule has 0 amide bonds. The highest BCUT2D eigenvalue weighted by Crippen LogP contribution is 2.33. The molecule has 3 rings (SSSR count). The highest BCUT2D eigenvalue weighted by Gasteiger charge is 2.24. The summed E-state index contributed by atoms with van der Waals surface area (Å²) in [6.07, 6.45) is 4.98. The monoisotopic (exact) mass is 246 g/mol. The van der Waals surface area contributed by atoms with Gasteiger partial charge in [0.05, 0.1) is 12.3 Å². The second kappa shape index (κ2) is 5.19. The van der Waals surface area contributed by atoms with Gasteiger partial charge in [-0.05, 0) is 43.7 Å². The fourth-order valence-corrected chi connectivity index (χ4v) is 2.56. The summed E-state index contributed by atoms with van der Waals surface area (Å²) >= 11 is 0. The topological polar surface area (TPSA) is 38.5 Å². The van der Waals surface area contributed by atoms with Crippen LogP contribution in [0, 0.1) is 5.92 Å². The van der Waals surface area contributed by atoms with Gasteiger partial charge in [0.25, 0.3) is 0 Å². The van der Waals surface area contributed by atoms with E-state index < -0.39 is 0 Å². The lowest BCUT2D eigenvalue weighted by atomic mass is 10.1. The van der Waals surface area contributed by atoms with Gasteiger partial charge in [0.1, 0.15) is 5.75 Å². The molecule has 1 aliphatic heterocycles. The third-order valence-corrected chi connectivity index (χ3v) is 3.84. The first kappa shape index (κ1) is 11.8. The quantitative estimate of drug-likeness (QED) is 0.886. The smallest absolute Gasteiger partial charge is 0.142 e. The van der Waals surface area contributed by atoms with Crippen LogP contribution in [0.5, 0.6) is 5.75 Å². The normalized spacial score (nSPS) is 24.1. The predicted molar refractivity (Wildman–Crippen MR) is 74.1 cm³/mol. The van der Waals surface area contributed by atoms with Crippen molar-refractivity contribution in [2.75, 3.05) is 24.6 Å². The molecular weight excluding hydrogens is 224 g/mol. The average Bonchev–Trinajstić information content (AvgIpc) is 3.21. The Morgan fingerprint density at radius 3 is 2.83 bits per heavy atom. The number of piperidine rings is 1. The van der Waals surface area contributed by atoms with Gasteiger partial charge in [0.2, 0.25) is 0 Å². The minimum atomic E-state index is 0.301. The zero-order valence-electron chi connectivity index (χ0n) is 10.8. The van der Waals surface area contributed by atoms with Crippen LogP contribution >= 0.6 is 0 Å². The van der Waals surface area contributed by atoms with E-state index in [9.17, 15) is 0 Å². The van der Waals surface area contributed by atoms with Gasteiger partial charge in [0.15, 0.2) is 0 Å². The van der Waals surface area contributed by atoms with Crippen molar-refractivity contribution < 1.29 is 4.74 Å². The van der Waals surface area contributed by atoms with Crippen molar-refractivity contribution in [3.63, 3.8) is 0 Å². The number of hydrogen-bond acceptors (Lipinski definition) is 3. The van der Waals surface area contributed by atoms with Crippen molar-refractivity contribution >= 4 is 5.69 Å². The molecule has 0 aromatic heterocycles. The Labute approximate surface area is 109 Å². The Morgan fingerprint density at radius 2 is 2.06 bits per heavy atom. The van der Waals surface area contributed by atoms with Gasteiger partial charge in [-0.25, -0.2) is 0 Å². The van der Waals surface area contributed by atoms with Gasteiger partial charge in [-0.15, -0.1) is 0 Å². The molecule has 2 fully saturated rings. The molecule has 0 radical (unpaired) electrons. The molecule has 1 saturated carbocycles. The summed E-state index contributed by atoms with van der Waals surface area (Å²) in [5.41, 5.74) is 7.28. The van der Waals surface area contributed by atoms with E-state index in [0.717, 1.165) is 37.8 Å². The van der Waals surface area contributed by atoms with Gasteiger partial charge < -0.3 is 15.4 Å². The maximum atomic E-state index is 6.06. The molecule has 0 bridgehead atoms. The second-order valence-electron chi connectivity index (χ2n) is 5.57. The van der Waals surface area contributed by atoms with Crippen molar-refractivity contribution in [3.05, 3.63) is 24.3 Å². The highest BCUT2D eigenvalue weighted by atomic mass is 16.5. The van der Waals surface area contributed by atoms with Crippen LogP contribution in [-0.4, -0.2) is 25.7 Å². The number of ether oxygens (including phenoxy) is 1. The molecule has 1 aliphatic carbocycles. The lowest BCUT2D eigenvalue weighted by molar-refractivity contribution is 0.299. The molecule has 1 aromatic rings. The summed E-state index contributed by atoms with van der Waals surface area (Å²) in [7, 11) is 0. The standard InChI is InChI=1S/C15H22N2O/c16-13-4-3-9-17(10-13)14-5-1-2-6-15(14)18-11-12-7-8-12/h1-2,5-6,12-13H,3-4,7-11,16H2. The van der Waals surface area contributed by atoms with E-state index in [0.29, 0.717) is 6.04 Å². The van der Waals surface area contributed by atoms with Crippen molar-refractivity contribution in [1.82, 2.24) is 0 Å². The van der Waals surface area contributed by atoms with Crippen LogP contribution in [-0.2, 0) is 0 Å². The highest BCUT2D eigenvalue weighted by molar-refractivity contribution is 5.58. The summed E-state index contributed by atoms with van der Waals surface area (Å²) in [4.78, 5) is 2.37. The van der Waals surface area contributed by atoms with Crippen molar-refractivity contribution in [1.29, 1.82) is 0 Å². The van der Waals surface area contributed by atoms with Gasteiger partial charge in [-0.3, -0.25) is 0 Å². The molecule has 1 unspecified atom stereocenters.